The summed E-state index contributed by atoms with van der Waals surface area (Å²) < 4.78 is 5.44. The first-order valence-corrected chi connectivity index (χ1v) is 6.82. The zero-order chi connectivity index (χ0) is 15.2. The van der Waals surface area contributed by atoms with Crippen molar-refractivity contribution in [2.45, 2.75) is 26.9 Å². The number of carbonyl (C=O) groups excluding carboxylic acids is 1. The molecule has 2 heterocycles. The Morgan fingerprint density at radius 3 is 2.86 bits per heavy atom. The maximum Gasteiger partial charge on any atom is 0.255 e. The molecule has 112 valence electrons. The van der Waals surface area contributed by atoms with Crippen LogP contribution in [0.15, 0.2) is 24.4 Å². The molecule has 0 aromatic carbocycles. The van der Waals surface area contributed by atoms with E-state index >= 15 is 0 Å². The fraction of sp³-hybridized carbons (Fsp3) is 0.429. The van der Waals surface area contributed by atoms with Crippen LogP contribution >= 0.6 is 0 Å². The Morgan fingerprint density at radius 1 is 1.38 bits per heavy atom. The van der Waals surface area contributed by atoms with E-state index < -0.39 is 6.10 Å². The number of ether oxygens (including phenoxy) is 1. The van der Waals surface area contributed by atoms with Crippen LogP contribution in [0.1, 0.15) is 20.8 Å². The summed E-state index contributed by atoms with van der Waals surface area (Å²) in [5, 5.41) is 9.29. The number of hydrogen-bond donors (Lipinski definition) is 2. The molecule has 0 bridgehead atoms. The number of rotatable bonds is 6. The second-order valence-electron chi connectivity index (χ2n) is 5.08. The van der Waals surface area contributed by atoms with Crippen molar-refractivity contribution in [2.75, 3.05) is 11.9 Å². The standard InChI is InChI=1S/C14H19N5O2/c1-9(2)8-21-10(3)13(20)17-14-16-12(18-19-14)11-6-4-5-7-15-11/h4-7,9-10H,8H2,1-3H3,(H2,16,17,18,19,20)/t10-/m0/s1. The maximum absolute atomic E-state index is 11.9. The summed E-state index contributed by atoms with van der Waals surface area (Å²) in [5.74, 6) is 0.809. The Hall–Kier alpha value is -2.28. The molecule has 0 aliphatic rings. The number of aromatic amines is 1. The van der Waals surface area contributed by atoms with Gasteiger partial charge in [-0.3, -0.25) is 20.2 Å². The molecule has 0 unspecified atom stereocenters. The molecule has 2 aromatic heterocycles. The van der Waals surface area contributed by atoms with Crippen LogP contribution in [0.5, 0.6) is 0 Å². The third-order valence-corrected chi connectivity index (χ3v) is 2.68. The second kappa shape index (κ2) is 6.94. The van der Waals surface area contributed by atoms with Gasteiger partial charge in [-0.05, 0) is 25.0 Å². The Balaban J connectivity index is 1.95. The van der Waals surface area contributed by atoms with Crippen molar-refractivity contribution in [3.63, 3.8) is 0 Å². The number of nitrogens with zero attached hydrogens (tertiary/aromatic N) is 3. The molecular formula is C14H19N5O2. The number of amides is 1. The summed E-state index contributed by atoms with van der Waals surface area (Å²) in [6.07, 6.45) is 1.11. The van der Waals surface area contributed by atoms with Crippen molar-refractivity contribution < 1.29 is 9.53 Å². The van der Waals surface area contributed by atoms with E-state index in [0.29, 0.717) is 24.0 Å². The number of hydrogen-bond acceptors (Lipinski definition) is 5. The van der Waals surface area contributed by atoms with E-state index in [1.54, 1.807) is 19.2 Å². The van der Waals surface area contributed by atoms with E-state index in [1.165, 1.54) is 0 Å². The number of pyridine rings is 1. The van der Waals surface area contributed by atoms with Crippen molar-refractivity contribution in [1.82, 2.24) is 20.2 Å². The van der Waals surface area contributed by atoms with E-state index in [2.05, 4.69) is 25.5 Å². The first-order valence-electron chi connectivity index (χ1n) is 6.82. The monoisotopic (exact) mass is 289 g/mol. The summed E-state index contributed by atoms with van der Waals surface area (Å²) in [4.78, 5) is 20.3. The number of nitrogens with one attached hydrogen (secondary N) is 2. The van der Waals surface area contributed by atoms with Gasteiger partial charge in [-0.15, -0.1) is 5.10 Å². The summed E-state index contributed by atoms with van der Waals surface area (Å²) in [6, 6.07) is 5.47. The molecule has 21 heavy (non-hydrogen) atoms. The predicted octanol–water partition coefficient (Wildman–Crippen LogP) is 1.87. The molecule has 7 heteroatoms. The van der Waals surface area contributed by atoms with E-state index in [1.807, 2.05) is 26.0 Å². The molecule has 2 aromatic rings. The van der Waals surface area contributed by atoms with Crippen LogP contribution in [-0.2, 0) is 9.53 Å². The molecule has 2 N–H and O–H groups in total. The Kier molecular flexibility index (Phi) is 4.99. The number of anilines is 1. The van der Waals surface area contributed by atoms with Crippen molar-refractivity contribution in [3.05, 3.63) is 24.4 Å². The molecule has 0 fully saturated rings. The Labute approximate surface area is 123 Å². The highest BCUT2D eigenvalue weighted by Gasteiger charge is 2.16. The van der Waals surface area contributed by atoms with E-state index in [-0.39, 0.29) is 11.9 Å². The summed E-state index contributed by atoms with van der Waals surface area (Å²) in [7, 11) is 0. The molecular weight excluding hydrogens is 270 g/mol. The van der Waals surface area contributed by atoms with Gasteiger partial charge in [-0.2, -0.15) is 4.98 Å². The smallest absolute Gasteiger partial charge is 0.255 e. The summed E-state index contributed by atoms with van der Waals surface area (Å²) in [6.45, 7) is 6.28. The molecule has 7 nitrogen and oxygen atoms in total. The zero-order valence-electron chi connectivity index (χ0n) is 12.3. The molecule has 1 amide bonds. The van der Waals surface area contributed by atoms with Crippen molar-refractivity contribution in [2.24, 2.45) is 5.92 Å². The molecule has 0 saturated carbocycles. The molecule has 0 spiro atoms. The highest BCUT2D eigenvalue weighted by molar-refractivity contribution is 5.92. The first-order chi connectivity index (χ1) is 10.1. The van der Waals surface area contributed by atoms with E-state index in [0.717, 1.165) is 0 Å². The van der Waals surface area contributed by atoms with Gasteiger partial charge in [0.15, 0.2) is 5.82 Å². The quantitative estimate of drug-likeness (QED) is 0.846. The fourth-order valence-electron chi connectivity index (χ4n) is 1.56. The zero-order valence-corrected chi connectivity index (χ0v) is 12.3. The van der Waals surface area contributed by atoms with Gasteiger partial charge >= 0.3 is 0 Å². The highest BCUT2D eigenvalue weighted by Crippen LogP contribution is 2.12. The minimum absolute atomic E-state index is 0.209. The number of aromatic nitrogens is 4. The molecule has 0 saturated heterocycles. The number of H-pyrrole nitrogens is 1. The second-order valence-corrected chi connectivity index (χ2v) is 5.08. The Bertz CT molecular complexity index is 582. The molecule has 2 rings (SSSR count). The van der Waals surface area contributed by atoms with Crippen LogP contribution in [0.3, 0.4) is 0 Å². The van der Waals surface area contributed by atoms with Crippen LogP contribution in [0.25, 0.3) is 11.5 Å². The lowest BCUT2D eigenvalue weighted by Gasteiger charge is -2.13. The molecule has 0 aliphatic carbocycles. The van der Waals surface area contributed by atoms with Crippen LogP contribution < -0.4 is 5.32 Å². The van der Waals surface area contributed by atoms with Crippen LogP contribution in [0, 0.1) is 5.92 Å². The minimum atomic E-state index is -0.552. The van der Waals surface area contributed by atoms with Crippen molar-refractivity contribution in [3.8, 4) is 11.5 Å². The summed E-state index contributed by atoms with van der Waals surface area (Å²) >= 11 is 0. The Morgan fingerprint density at radius 2 is 2.19 bits per heavy atom. The molecule has 0 aliphatic heterocycles. The third-order valence-electron chi connectivity index (χ3n) is 2.68. The number of carbonyl (C=O) groups is 1. The van der Waals surface area contributed by atoms with Gasteiger partial charge in [0.25, 0.3) is 5.91 Å². The van der Waals surface area contributed by atoms with Gasteiger partial charge in [0, 0.05) is 12.8 Å². The minimum Gasteiger partial charge on any atom is -0.368 e. The molecule has 1 atom stereocenters. The normalized spacial score (nSPS) is 12.4. The van der Waals surface area contributed by atoms with Crippen LogP contribution in [-0.4, -0.2) is 38.8 Å². The van der Waals surface area contributed by atoms with Gasteiger partial charge in [0.2, 0.25) is 5.95 Å². The van der Waals surface area contributed by atoms with Crippen LogP contribution in [0.4, 0.5) is 5.95 Å². The van der Waals surface area contributed by atoms with E-state index in [9.17, 15) is 4.79 Å². The SMILES string of the molecule is CC(C)CO[C@@H](C)C(=O)Nc1n[nH]c(-c2ccccn2)n1. The van der Waals surface area contributed by atoms with Gasteiger partial charge in [-0.25, -0.2) is 0 Å². The van der Waals surface area contributed by atoms with Crippen LogP contribution in [0.2, 0.25) is 0 Å². The van der Waals surface area contributed by atoms with Crippen molar-refractivity contribution in [1.29, 1.82) is 0 Å². The topological polar surface area (TPSA) is 92.8 Å². The van der Waals surface area contributed by atoms with Gasteiger partial charge in [-0.1, -0.05) is 19.9 Å². The first kappa shape index (κ1) is 15.1. The lowest BCUT2D eigenvalue weighted by atomic mass is 10.2. The van der Waals surface area contributed by atoms with Gasteiger partial charge in [0.05, 0.1) is 0 Å². The third kappa shape index (κ3) is 4.35. The van der Waals surface area contributed by atoms with Gasteiger partial charge in [0.1, 0.15) is 11.8 Å². The van der Waals surface area contributed by atoms with E-state index in [4.69, 9.17) is 4.74 Å². The maximum atomic E-state index is 11.9. The summed E-state index contributed by atoms with van der Waals surface area (Å²) in [5.41, 5.74) is 0.662. The van der Waals surface area contributed by atoms with Gasteiger partial charge < -0.3 is 4.74 Å². The lowest BCUT2D eigenvalue weighted by Crippen LogP contribution is -2.29. The average Bonchev–Trinajstić information content (AvgIpc) is 2.94. The van der Waals surface area contributed by atoms with Crippen molar-refractivity contribution >= 4 is 11.9 Å². The fourth-order valence-corrected chi connectivity index (χ4v) is 1.56. The molecule has 0 radical (unpaired) electrons. The average molecular weight is 289 g/mol. The predicted molar refractivity (Wildman–Crippen MR) is 78.5 cm³/mol. The highest BCUT2D eigenvalue weighted by atomic mass is 16.5. The lowest BCUT2D eigenvalue weighted by molar-refractivity contribution is -0.127. The largest absolute Gasteiger partial charge is 0.368 e.